The molecule has 1 aromatic rings. The fraction of sp³-hybridized carbons (Fsp3) is 0.520. The fourth-order valence-corrected chi connectivity index (χ4v) is 4.78. The summed E-state index contributed by atoms with van der Waals surface area (Å²) >= 11 is 0. The number of amides is 2. The van der Waals surface area contributed by atoms with E-state index >= 15 is 0 Å². The summed E-state index contributed by atoms with van der Waals surface area (Å²) in [7, 11) is 0. The van der Waals surface area contributed by atoms with Crippen molar-refractivity contribution in [2.45, 2.75) is 71.1 Å². The molecule has 0 spiro atoms. The minimum Gasteiger partial charge on any atom is -0.326 e. The van der Waals surface area contributed by atoms with Crippen LogP contribution in [0.5, 0.6) is 0 Å². The highest BCUT2D eigenvalue weighted by Crippen LogP contribution is 2.45. The van der Waals surface area contributed by atoms with E-state index in [0.29, 0.717) is 35.2 Å². The summed E-state index contributed by atoms with van der Waals surface area (Å²) < 4.78 is 57.7. The molecule has 4 rings (SSSR count). The third kappa shape index (κ3) is 4.57. The van der Waals surface area contributed by atoms with Crippen molar-refractivity contribution in [2.24, 2.45) is 11.8 Å². The molecule has 0 bridgehead atoms. The first-order valence-electron chi connectivity index (χ1n) is 11.3. The second kappa shape index (κ2) is 8.29. The van der Waals surface area contributed by atoms with Crippen molar-refractivity contribution in [3.05, 3.63) is 46.1 Å². The predicted molar refractivity (Wildman–Crippen MR) is 119 cm³/mol. The largest absolute Gasteiger partial charge is 0.326 e. The number of hydrogen-bond acceptors (Lipinski definition) is 2. The summed E-state index contributed by atoms with van der Waals surface area (Å²) in [5.41, 5.74) is 2.54. The fourth-order valence-electron chi connectivity index (χ4n) is 4.78. The van der Waals surface area contributed by atoms with Crippen molar-refractivity contribution >= 4 is 23.2 Å². The zero-order chi connectivity index (χ0) is 24.1. The van der Waals surface area contributed by atoms with Gasteiger partial charge < -0.3 is 10.6 Å². The lowest BCUT2D eigenvalue weighted by molar-refractivity contribution is -0.116. The number of halogens is 4. The average Bonchev–Trinajstić information content (AvgIpc) is 3.05. The monoisotopic (exact) mass is 464 g/mol. The van der Waals surface area contributed by atoms with Crippen molar-refractivity contribution in [2.75, 3.05) is 10.6 Å². The van der Waals surface area contributed by atoms with Crippen molar-refractivity contribution in [1.29, 1.82) is 0 Å². The Bertz CT molecular complexity index is 1070. The molecule has 1 heterocycles. The maximum absolute atomic E-state index is 14.5. The topological polar surface area (TPSA) is 58.2 Å². The highest BCUT2D eigenvalue weighted by Gasteiger charge is 2.42. The molecule has 1 aliphatic heterocycles. The quantitative estimate of drug-likeness (QED) is 0.540. The SMILES string of the molecule is CC1CC=CC(C(=O)Nc2cc3c(c4c2CC(F)(F)C4)NC(=O)CC3)=C1CC(F)(F)C(C)C. The number of hydrogen-bond donors (Lipinski definition) is 2. The number of anilines is 2. The molecule has 0 saturated heterocycles. The molecule has 0 saturated carbocycles. The van der Waals surface area contributed by atoms with E-state index in [9.17, 15) is 27.2 Å². The van der Waals surface area contributed by atoms with E-state index in [1.54, 1.807) is 18.2 Å². The first kappa shape index (κ1) is 23.5. The number of fused-ring (bicyclic) bond motifs is 3. The number of benzene rings is 1. The van der Waals surface area contributed by atoms with Gasteiger partial charge in [-0.3, -0.25) is 9.59 Å². The van der Waals surface area contributed by atoms with Gasteiger partial charge >= 0.3 is 0 Å². The van der Waals surface area contributed by atoms with Gasteiger partial charge in [-0.2, -0.15) is 0 Å². The Labute approximate surface area is 190 Å². The summed E-state index contributed by atoms with van der Waals surface area (Å²) in [5, 5.41) is 5.44. The van der Waals surface area contributed by atoms with Crippen LogP contribution in [0.4, 0.5) is 28.9 Å². The summed E-state index contributed by atoms with van der Waals surface area (Å²) in [6.45, 7) is 4.69. The van der Waals surface area contributed by atoms with Gasteiger partial charge in [0.2, 0.25) is 5.91 Å². The van der Waals surface area contributed by atoms with Gasteiger partial charge in [0.1, 0.15) is 0 Å². The van der Waals surface area contributed by atoms with Crippen molar-refractivity contribution in [1.82, 2.24) is 0 Å². The van der Waals surface area contributed by atoms with E-state index in [4.69, 9.17) is 0 Å². The van der Waals surface area contributed by atoms with E-state index in [0.717, 1.165) is 0 Å². The van der Waals surface area contributed by atoms with E-state index in [1.807, 2.05) is 6.92 Å². The smallest absolute Gasteiger partial charge is 0.256 e. The van der Waals surface area contributed by atoms with Crippen LogP contribution >= 0.6 is 0 Å². The molecule has 2 aliphatic carbocycles. The van der Waals surface area contributed by atoms with Crippen LogP contribution in [0.25, 0.3) is 0 Å². The van der Waals surface area contributed by atoms with Crippen LogP contribution in [0.3, 0.4) is 0 Å². The molecule has 1 atom stereocenters. The third-order valence-corrected chi connectivity index (χ3v) is 6.87. The maximum Gasteiger partial charge on any atom is 0.256 e. The Balaban J connectivity index is 1.71. The molecule has 178 valence electrons. The van der Waals surface area contributed by atoms with Crippen LogP contribution in [0.1, 0.15) is 56.7 Å². The van der Waals surface area contributed by atoms with Gasteiger partial charge in [0.15, 0.2) is 0 Å². The highest BCUT2D eigenvalue weighted by atomic mass is 19.3. The van der Waals surface area contributed by atoms with Crippen LogP contribution in [-0.2, 0) is 28.9 Å². The molecule has 2 amide bonds. The Morgan fingerprint density at radius 3 is 2.64 bits per heavy atom. The summed E-state index contributed by atoms with van der Waals surface area (Å²) in [4.78, 5) is 25.1. The van der Waals surface area contributed by atoms with Gasteiger partial charge in [-0.15, -0.1) is 0 Å². The molecule has 33 heavy (non-hydrogen) atoms. The van der Waals surface area contributed by atoms with Gasteiger partial charge in [0.05, 0.1) is 0 Å². The molecule has 4 nitrogen and oxygen atoms in total. The Kier molecular flexibility index (Phi) is 5.91. The average molecular weight is 465 g/mol. The number of aryl methyl sites for hydroxylation is 1. The first-order chi connectivity index (χ1) is 15.4. The molecule has 2 N–H and O–H groups in total. The number of nitrogens with one attached hydrogen (secondary N) is 2. The number of alkyl halides is 4. The molecule has 0 radical (unpaired) electrons. The van der Waals surface area contributed by atoms with Gasteiger partial charge in [0.25, 0.3) is 17.8 Å². The number of carbonyl (C=O) groups is 2. The van der Waals surface area contributed by atoms with E-state index in [-0.39, 0.29) is 35.1 Å². The molecule has 0 fully saturated rings. The molecule has 3 aliphatic rings. The van der Waals surface area contributed by atoms with Crippen molar-refractivity contribution in [3.63, 3.8) is 0 Å². The maximum atomic E-state index is 14.5. The van der Waals surface area contributed by atoms with Crippen LogP contribution in [-0.4, -0.2) is 23.7 Å². The molecule has 0 aromatic heterocycles. The van der Waals surface area contributed by atoms with Crippen LogP contribution in [0.15, 0.2) is 29.4 Å². The van der Waals surface area contributed by atoms with Gasteiger partial charge in [-0.25, -0.2) is 17.6 Å². The zero-order valence-electron chi connectivity index (χ0n) is 19.0. The van der Waals surface area contributed by atoms with Gasteiger partial charge in [0, 0.05) is 48.5 Å². The van der Waals surface area contributed by atoms with E-state index < -0.39 is 42.9 Å². The Hall–Kier alpha value is -2.64. The van der Waals surface area contributed by atoms with Crippen LogP contribution < -0.4 is 10.6 Å². The molecular weight excluding hydrogens is 436 g/mol. The van der Waals surface area contributed by atoms with Crippen molar-refractivity contribution in [3.8, 4) is 0 Å². The van der Waals surface area contributed by atoms with Crippen LogP contribution in [0.2, 0.25) is 0 Å². The molecule has 1 aromatic carbocycles. The Morgan fingerprint density at radius 2 is 1.94 bits per heavy atom. The molecule has 8 heteroatoms. The molecule has 1 unspecified atom stereocenters. The standard InChI is InChI=1S/C25H28F4N2O2/c1-13(2)25(28,29)12-17-14(3)5-4-6-16(17)23(33)30-20-9-15-7-8-21(32)31-22(15)19-11-24(26,27)10-18(19)20/h4,6,9,13-14H,5,7-8,10-12H2,1-3H3,(H,30,33)(H,31,32). The normalized spacial score (nSPS) is 21.7. The predicted octanol–water partition coefficient (Wildman–Crippen LogP) is 5.82. The van der Waals surface area contributed by atoms with Gasteiger partial charge in [-0.1, -0.05) is 32.9 Å². The van der Waals surface area contributed by atoms with Gasteiger partial charge in [-0.05, 0) is 47.1 Å². The van der Waals surface area contributed by atoms with Crippen molar-refractivity contribution < 1.29 is 27.2 Å². The lowest BCUT2D eigenvalue weighted by Gasteiger charge is -2.28. The number of rotatable bonds is 5. The van der Waals surface area contributed by atoms with E-state index in [1.165, 1.54) is 13.8 Å². The first-order valence-corrected chi connectivity index (χ1v) is 11.3. The third-order valence-electron chi connectivity index (χ3n) is 6.87. The Morgan fingerprint density at radius 1 is 1.24 bits per heavy atom. The summed E-state index contributed by atoms with van der Waals surface area (Å²) in [6.07, 6.45) is 2.91. The summed E-state index contributed by atoms with van der Waals surface area (Å²) in [5.74, 6) is -7.86. The number of carbonyl (C=O) groups excluding carboxylic acids is 2. The lowest BCUT2D eigenvalue weighted by atomic mass is 9.82. The van der Waals surface area contributed by atoms with E-state index in [2.05, 4.69) is 10.6 Å². The summed E-state index contributed by atoms with van der Waals surface area (Å²) in [6, 6.07) is 1.63. The minimum atomic E-state index is -2.98. The number of allylic oxidation sites excluding steroid dienone is 2. The minimum absolute atomic E-state index is 0.165. The van der Waals surface area contributed by atoms with Crippen LogP contribution in [0, 0.1) is 11.8 Å². The lowest BCUT2D eigenvalue weighted by Crippen LogP contribution is -2.28. The second-order valence-corrected chi connectivity index (χ2v) is 9.70. The second-order valence-electron chi connectivity index (χ2n) is 9.70. The molecular formula is C25H28F4N2O2. The zero-order valence-corrected chi connectivity index (χ0v) is 19.0. The highest BCUT2D eigenvalue weighted by molar-refractivity contribution is 6.07.